The molecule has 25 heavy (non-hydrogen) atoms. The second kappa shape index (κ2) is 6.78. The second-order valence-electron chi connectivity index (χ2n) is 5.23. The third-order valence-corrected chi connectivity index (χ3v) is 4.71. The highest BCUT2D eigenvalue weighted by Gasteiger charge is 2.39. The largest absolute Gasteiger partial charge is 0.460 e. The molecule has 6 nitrogen and oxygen atoms in total. The molecule has 8 heteroatoms. The number of rotatable bonds is 5. The van der Waals surface area contributed by atoms with Crippen molar-refractivity contribution in [1.82, 2.24) is 0 Å². The Kier molecular flexibility index (Phi) is 4.33. The van der Waals surface area contributed by atoms with E-state index in [1.165, 1.54) is 24.3 Å². The lowest BCUT2D eigenvalue weighted by Gasteiger charge is -2.10. The van der Waals surface area contributed by atoms with Gasteiger partial charge in [0.15, 0.2) is 6.08 Å². The van der Waals surface area contributed by atoms with Crippen LogP contribution in [0, 0.1) is 0 Å². The van der Waals surface area contributed by atoms with Gasteiger partial charge in [-0.2, -0.15) is 8.42 Å². The Morgan fingerprint density at radius 2 is 1.80 bits per heavy atom. The van der Waals surface area contributed by atoms with Gasteiger partial charge in [0.25, 0.3) is 0 Å². The number of ether oxygens (including phenoxy) is 1. The maximum atomic E-state index is 12.6. The van der Waals surface area contributed by atoms with Gasteiger partial charge in [0.05, 0.1) is 1.37 Å². The number of carbonyl (C=O) groups excluding carboxylic acids is 1. The summed E-state index contributed by atoms with van der Waals surface area (Å²) in [6, 6.07) is 14.1. The molecular formula is C17H14ClNO5S. The van der Waals surface area contributed by atoms with E-state index in [2.05, 4.69) is 0 Å². The summed E-state index contributed by atoms with van der Waals surface area (Å²) in [5, 5.41) is 0.408. The summed E-state index contributed by atoms with van der Waals surface area (Å²) in [7, 11) is -4.17. The topological polar surface area (TPSA) is 95.7 Å². The lowest BCUT2D eigenvalue weighted by molar-refractivity contribution is -0.123. The van der Waals surface area contributed by atoms with E-state index in [4.69, 9.17) is 27.6 Å². The number of halogens is 1. The molecule has 0 saturated carbocycles. The minimum atomic E-state index is -4.17. The van der Waals surface area contributed by atoms with Crippen molar-refractivity contribution >= 4 is 27.5 Å². The molecule has 0 aliphatic carbocycles. The van der Waals surface area contributed by atoms with E-state index in [-0.39, 0.29) is 5.56 Å². The van der Waals surface area contributed by atoms with Crippen LogP contribution >= 0.6 is 11.6 Å². The van der Waals surface area contributed by atoms with E-state index in [1.807, 2.05) is 0 Å². The van der Waals surface area contributed by atoms with Gasteiger partial charge in [-0.25, -0.2) is 0 Å². The van der Waals surface area contributed by atoms with Crippen LogP contribution in [0.1, 0.15) is 18.6 Å². The normalized spacial score (nSPS) is 21.0. The molecule has 0 radical (unpaired) electrons. The summed E-state index contributed by atoms with van der Waals surface area (Å²) in [5.41, 5.74) is 6.24. The Labute approximate surface area is 151 Å². The Morgan fingerprint density at radius 3 is 2.44 bits per heavy atom. The first-order valence-corrected chi connectivity index (χ1v) is 9.12. The molecule has 1 heterocycles. The molecule has 0 spiro atoms. The molecule has 1 aliphatic heterocycles. The number of Topliss-reactive ketones (excluding diaryl/α,β-unsaturated/α-hetero) is 1. The summed E-state index contributed by atoms with van der Waals surface area (Å²) < 4.78 is 42.8. The van der Waals surface area contributed by atoms with Crippen molar-refractivity contribution in [3.8, 4) is 0 Å². The molecular weight excluding hydrogens is 366 g/mol. The molecule has 0 amide bonds. The Balaban J connectivity index is 1.83. The number of benzene rings is 2. The van der Waals surface area contributed by atoms with Crippen molar-refractivity contribution in [2.45, 2.75) is 11.8 Å². The van der Waals surface area contributed by atoms with E-state index < -0.39 is 39.4 Å². The minimum Gasteiger partial charge on any atom is -0.460 e. The SMILES string of the molecule is [2H][C@]1(c2ccc(Cl)cc2)OC(N)=C(OS(=O)(=O)Cc2ccccc2)C1=O. The van der Waals surface area contributed by atoms with Crippen molar-refractivity contribution in [3.63, 3.8) is 0 Å². The Bertz CT molecular complexity index is 976. The maximum absolute atomic E-state index is 12.6. The summed E-state index contributed by atoms with van der Waals surface area (Å²) in [5.74, 6) is -2.72. The monoisotopic (exact) mass is 380 g/mol. The molecule has 2 N–H and O–H groups in total. The zero-order valence-electron chi connectivity index (χ0n) is 13.8. The smallest absolute Gasteiger partial charge is 0.313 e. The third-order valence-electron chi connectivity index (χ3n) is 3.35. The molecule has 130 valence electrons. The number of carbonyl (C=O) groups is 1. The van der Waals surface area contributed by atoms with Crippen LogP contribution in [0.15, 0.2) is 66.2 Å². The van der Waals surface area contributed by atoms with Crippen LogP contribution in [0.25, 0.3) is 0 Å². The highest BCUT2D eigenvalue weighted by molar-refractivity contribution is 7.86. The minimum absolute atomic E-state index is 0.147. The van der Waals surface area contributed by atoms with Crippen molar-refractivity contribution in [3.05, 3.63) is 82.4 Å². The zero-order valence-corrected chi connectivity index (χ0v) is 14.4. The van der Waals surface area contributed by atoms with E-state index in [0.717, 1.165) is 0 Å². The molecule has 0 fully saturated rings. The highest BCUT2D eigenvalue weighted by atomic mass is 35.5. The van der Waals surface area contributed by atoms with Gasteiger partial charge in [-0.1, -0.05) is 54.1 Å². The van der Waals surface area contributed by atoms with Gasteiger partial charge in [-0.3, -0.25) is 4.79 Å². The number of ketones is 1. The van der Waals surface area contributed by atoms with Crippen LogP contribution in [0.5, 0.6) is 0 Å². The average Bonchev–Trinajstić information content (AvgIpc) is 2.80. The predicted octanol–water partition coefficient (Wildman–Crippen LogP) is 2.65. The van der Waals surface area contributed by atoms with E-state index in [9.17, 15) is 13.2 Å². The Hall–Kier alpha value is -2.51. The molecule has 2 aromatic carbocycles. The van der Waals surface area contributed by atoms with Crippen molar-refractivity contribution < 1.29 is 23.5 Å². The molecule has 0 bridgehead atoms. The molecule has 0 saturated heterocycles. The van der Waals surface area contributed by atoms with Gasteiger partial charge < -0.3 is 14.7 Å². The van der Waals surface area contributed by atoms with Gasteiger partial charge in [0.2, 0.25) is 17.4 Å². The Morgan fingerprint density at radius 1 is 1.16 bits per heavy atom. The van der Waals surface area contributed by atoms with Crippen LogP contribution in [-0.2, 0) is 29.6 Å². The summed E-state index contributed by atoms with van der Waals surface area (Å²) >= 11 is 5.80. The van der Waals surface area contributed by atoms with Gasteiger partial charge in [-0.15, -0.1) is 0 Å². The van der Waals surface area contributed by atoms with Gasteiger partial charge in [0, 0.05) is 10.6 Å². The van der Waals surface area contributed by atoms with E-state index >= 15 is 0 Å². The maximum Gasteiger partial charge on any atom is 0.313 e. The highest BCUT2D eigenvalue weighted by Crippen LogP contribution is 2.33. The van der Waals surface area contributed by atoms with Crippen LogP contribution < -0.4 is 5.73 Å². The standard InChI is InChI=1S/C17H14ClNO5S/c18-13-8-6-12(7-9-13)15-14(20)16(17(19)23-15)24-25(21,22)10-11-4-2-1-3-5-11/h1-9,15H,10,19H2/t15-/m1/s1/i15D. The van der Waals surface area contributed by atoms with Crippen LogP contribution in [0.4, 0.5) is 0 Å². The lowest BCUT2D eigenvalue weighted by atomic mass is 10.1. The quantitative estimate of drug-likeness (QED) is 0.801. The van der Waals surface area contributed by atoms with Gasteiger partial charge in [0.1, 0.15) is 5.75 Å². The number of hydrogen-bond donors (Lipinski definition) is 1. The first-order valence-electron chi connectivity index (χ1n) is 7.67. The van der Waals surface area contributed by atoms with Crippen molar-refractivity contribution in [2.75, 3.05) is 0 Å². The molecule has 1 aliphatic rings. The molecule has 0 unspecified atom stereocenters. The van der Waals surface area contributed by atoms with Gasteiger partial charge >= 0.3 is 10.1 Å². The van der Waals surface area contributed by atoms with Crippen molar-refractivity contribution in [1.29, 1.82) is 0 Å². The molecule has 0 aromatic heterocycles. The fourth-order valence-electron chi connectivity index (χ4n) is 2.22. The van der Waals surface area contributed by atoms with Crippen LogP contribution in [-0.4, -0.2) is 14.2 Å². The molecule has 2 aromatic rings. The van der Waals surface area contributed by atoms with Crippen LogP contribution in [0.3, 0.4) is 0 Å². The first-order chi connectivity index (χ1) is 12.2. The predicted molar refractivity (Wildman–Crippen MR) is 91.6 cm³/mol. The average molecular weight is 381 g/mol. The number of hydrogen-bond acceptors (Lipinski definition) is 6. The van der Waals surface area contributed by atoms with Crippen molar-refractivity contribution in [2.24, 2.45) is 5.73 Å². The fraction of sp³-hybridized carbons (Fsp3) is 0.118. The summed E-state index contributed by atoms with van der Waals surface area (Å²) in [4.78, 5) is 12.6. The van der Waals surface area contributed by atoms with E-state index in [1.54, 1.807) is 30.3 Å². The van der Waals surface area contributed by atoms with Gasteiger partial charge in [-0.05, 0) is 17.7 Å². The lowest BCUT2D eigenvalue weighted by Crippen LogP contribution is -2.16. The fourth-order valence-corrected chi connectivity index (χ4v) is 3.42. The molecule has 1 atom stereocenters. The van der Waals surface area contributed by atoms with E-state index in [0.29, 0.717) is 10.6 Å². The van der Waals surface area contributed by atoms with Crippen LogP contribution in [0.2, 0.25) is 5.02 Å². The zero-order chi connectivity index (χ0) is 18.9. The molecule has 3 rings (SSSR count). The second-order valence-corrected chi connectivity index (χ2v) is 7.24. The summed E-state index contributed by atoms with van der Waals surface area (Å²) in [6.45, 7) is 0. The number of nitrogens with two attached hydrogens (primary N) is 1. The summed E-state index contributed by atoms with van der Waals surface area (Å²) in [6.07, 6.45) is -2.23. The third kappa shape index (κ3) is 3.94. The first kappa shape index (κ1) is 16.0.